The molecule has 6 saturated heterocycles. The highest BCUT2D eigenvalue weighted by Gasteiger charge is 2.73. The van der Waals surface area contributed by atoms with Gasteiger partial charge in [0.15, 0.2) is 31.5 Å². The summed E-state index contributed by atoms with van der Waals surface area (Å²) in [7, 11) is 0. The number of esters is 1. The molecule has 11 aliphatic rings. The van der Waals surface area contributed by atoms with Crippen molar-refractivity contribution in [3.8, 4) is 0 Å². The summed E-state index contributed by atoms with van der Waals surface area (Å²) in [6.45, 7) is 18.3. The monoisotopic (exact) mass is 1370 g/mol. The molecule has 11 rings (SSSR count). The number of carbonyl (C=O) groups excluding carboxylic acids is 1. The Morgan fingerprint density at radius 3 is 1.61 bits per heavy atom. The van der Waals surface area contributed by atoms with Crippen LogP contribution >= 0.6 is 0 Å². The van der Waals surface area contributed by atoms with Crippen LogP contribution in [0.5, 0.6) is 0 Å². The lowest BCUT2D eigenvalue weighted by Crippen LogP contribution is -2.68. The average Bonchev–Trinajstić information content (AvgIpc) is 1.61. The summed E-state index contributed by atoms with van der Waals surface area (Å²) in [4.78, 5) is 15.3. The van der Waals surface area contributed by atoms with E-state index in [1.54, 1.807) is 0 Å². The molecular formula is C65H106O30. The molecule has 0 spiro atoms. The molecule has 0 radical (unpaired) electrons. The fraction of sp³-hybridized carbons (Fsp3) is 0.954. The molecule has 6 aliphatic heterocycles. The highest BCUT2D eigenvalue weighted by atomic mass is 16.8. The summed E-state index contributed by atoms with van der Waals surface area (Å²) in [6, 6.07) is 0. The van der Waals surface area contributed by atoms with E-state index in [1.807, 2.05) is 6.92 Å². The first-order valence-corrected chi connectivity index (χ1v) is 34.0. The van der Waals surface area contributed by atoms with Gasteiger partial charge in [-0.3, -0.25) is 4.79 Å². The van der Waals surface area contributed by atoms with Crippen LogP contribution in [0.25, 0.3) is 0 Å². The van der Waals surface area contributed by atoms with E-state index in [0.29, 0.717) is 32.1 Å². The number of carbonyl (C=O) groups is 1. The molecule has 0 aromatic carbocycles. The van der Waals surface area contributed by atoms with E-state index in [4.69, 9.17) is 56.8 Å². The van der Waals surface area contributed by atoms with E-state index in [1.165, 1.54) is 13.8 Å². The largest absolute Gasteiger partial charge is 0.432 e. The van der Waals surface area contributed by atoms with Gasteiger partial charge in [-0.05, 0) is 136 Å². The van der Waals surface area contributed by atoms with Crippen molar-refractivity contribution in [2.45, 2.75) is 304 Å². The van der Waals surface area contributed by atoms with Gasteiger partial charge in [-0.2, -0.15) is 0 Å². The molecular weight excluding hydrogens is 1260 g/mol. The zero-order chi connectivity index (χ0) is 69.2. The molecule has 546 valence electrons. The molecule has 39 atom stereocenters. The van der Waals surface area contributed by atoms with Crippen LogP contribution in [0.15, 0.2) is 12.2 Å². The maximum Gasteiger partial charge on any atom is 0.314 e. The van der Waals surface area contributed by atoms with E-state index in [2.05, 4.69) is 41.2 Å². The zero-order valence-electron chi connectivity index (χ0n) is 55.2. The Bertz CT molecular complexity index is 2640. The first-order valence-electron chi connectivity index (χ1n) is 34.0. The zero-order valence-corrected chi connectivity index (χ0v) is 55.2. The van der Waals surface area contributed by atoms with Gasteiger partial charge in [0.2, 0.25) is 6.29 Å². The Kier molecular flexibility index (Phi) is 21.9. The predicted octanol–water partition coefficient (Wildman–Crippen LogP) is -3.84. The quantitative estimate of drug-likeness (QED) is 0.0400. The molecule has 17 N–H and O–H groups in total. The molecule has 5 aliphatic carbocycles. The first kappa shape index (κ1) is 74.3. The first-order chi connectivity index (χ1) is 44.6. The third-order valence-corrected chi connectivity index (χ3v) is 25.6. The molecule has 11 fully saturated rings. The second-order valence-corrected chi connectivity index (χ2v) is 30.9. The van der Waals surface area contributed by atoms with Crippen LogP contribution < -0.4 is 0 Å². The van der Waals surface area contributed by atoms with Gasteiger partial charge in [-0.25, -0.2) is 0 Å². The van der Waals surface area contributed by atoms with Crippen molar-refractivity contribution in [2.24, 2.45) is 56.7 Å². The summed E-state index contributed by atoms with van der Waals surface area (Å²) >= 11 is 0. The number of ether oxygens (including phenoxy) is 12. The van der Waals surface area contributed by atoms with Crippen molar-refractivity contribution in [3.63, 3.8) is 0 Å². The number of rotatable bonds is 16. The van der Waals surface area contributed by atoms with Crippen LogP contribution in [-0.2, 0) is 61.6 Å². The molecule has 0 unspecified atom stereocenters. The molecule has 0 amide bonds. The van der Waals surface area contributed by atoms with Crippen LogP contribution in [0.2, 0.25) is 0 Å². The van der Waals surface area contributed by atoms with Crippen LogP contribution in [-0.4, -0.2) is 303 Å². The van der Waals surface area contributed by atoms with Crippen LogP contribution in [0.1, 0.15) is 120 Å². The molecule has 0 aromatic rings. The van der Waals surface area contributed by atoms with Crippen molar-refractivity contribution in [1.29, 1.82) is 0 Å². The van der Waals surface area contributed by atoms with Crippen LogP contribution in [0.4, 0.5) is 0 Å². The summed E-state index contributed by atoms with van der Waals surface area (Å²) < 4.78 is 72.1. The van der Waals surface area contributed by atoms with Crippen molar-refractivity contribution in [2.75, 3.05) is 26.4 Å². The average molecular weight is 1370 g/mol. The fourth-order valence-electron chi connectivity index (χ4n) is 19.9. The fourth-order valence-corrected chi connectivity index (χ4v) is 19.9. The third-order valence-electron chi connectivity index (χ3n) is 25.6. The second kappa shape index (κ2) is 28.0. The van der Waals surface area contributed by atoms with E-state index >= 15 is 4.79 Å². The molecule has 30 nitrogen and oxygen atoms in total. The maximum atomic E-state index is 15.3. The minimum Gasteiger partial charge on any atom is -0.432 e. The third kappa shape index (κ3) is 12.6. The van der Waals surface area contributed by atoms with Crippen molar-refractivity contribution in [1.82, 2.24) is 0 Å². The summed E-state index contributed by atoms with van der Waals surface area (Å²) in [6.07, 6.45) is -40.3. The van der Waals surface area contributed by atoms with Gasteiger partial charge in [0.1, 0.15) is 128 Å². The van der Waals surface area contributed by atoms with E-state index in [0.717, 1.165) is 37.7 Å². The highest BCUT2D eigenvalue weighted by molar-refractivity contribution is 5.78. The standard InChI is InChI=1S/C65H106O30/c1-24(2)27-12-17-65(60(83)95-58-50(81)45(76)40(71)31(90-58)22-84-54-51(82)46(77)52(30(21-67)89-54)93-55-47(78)42(73)37(68)25(3)86-55)19-18-63(8)28(36(27)65)10-11-34-62(7)15-14-35(61(5,6)33(62)13-16-64(34,63)9)92-59-53(94-56-48(79)43(74)38(69)26(4)87-56)41(72)32(23-85-59)91-57-49(80)44(75)39(70)29(20-66)88-57/h25-59,66-82H,1,10-23H2,2-9H3/t25-,26-,27-,28+,29+,30+,31+,32-,33-,34+,35-,36+,37-,38-,39+,40+,41-,42+,43+,44-,45-,46+,47+,48+,49+,50+,51+,52+,53+,54+,55-,56-,57-,58-,59-,62-,63+,64+,65-/m0/s1. The van der Waals surface area contributed by atoms with E-state index < -0.39 is 221 Å². The minimum atomic E-state index is -1.91. The molecule has 0 bridgehead atoms. The molecule has 0 aromatic heterocycles. The number of aliphatic hydroxyl groups is 17. The Morgan fingerprint density at radius 2 is 1.01 bits per heavy atom. The van der Waals surface area contributed by atoms with E-state index in [-0.39, 0.29) is 52.4 Å². The number of fused-ring (bicyclic) bond motifs is 7. The summed E-state index contributed by atoms with van der Waals surface area (Å²) in [5.74, 6) is -0.608. The lowest BCUT2D eigenvalue weighted by Gasteiger charge is -2.73. The number of hydrogen-bond acceptors (Lipinski definition) is 30. The number of aliphatic hydroxyl groups excluding tert-OH is 17. The molecule has 30 heteroatoms. The Morgan fingerprint density at radius 1 is 0.474 bits per heavy atom. The highest BCUT2D eigenvalue weighted by Crippen LogP contribution is 2.78. The van der Waals surface area contributed by atoms with Gasteiger partial charge >= 0.3 is 5.97 Å². The maximum absolute atomic E-state index is 15.3. The molecule has 6 heterocycles. The van der Waals surface area contributed by atoms with Gasteiger partial charge in [0.25, 0.3) is 0 Å². The lowest BCUT2D eigenvalue weighted by molar-refractivity contribution is -0.381. The minimum absolute atomic E-state index is 0.0144. The van der Waals surface area contributed by atoms with Crippen LogP contribution in [0, 0.1) is 56.7 Å². The van der Waals surface area contributed by atoms with Crippen molar-refractivity contribution in [3.05, 3.63) is 12.2 Å². The van der Waals surface area contributed by atoms with Gasteiger partial charge in [-0.15, -0.1) is 0 Å². The Labute approximate surface area is 551 Å². The Balaban J connectivity index is 0.767. The summed E-state index contributed by atoms with van der Waals surface area (Å²) in [5.41, 5.74) is -1.44. The van der Waals surface area contributed by atoms with Gasteiger partial charge in [-0.1, -0.05) is 46.8 Å². The van der Waals surface area contributed by atoms with Crippen LogP contribution in [0.3, 0.4) is 0 Å². The number of hydrogen-bond donors (Lipinski definition) is 17. The topological polar surface area (TPSA) is 472 Å². The normalized spacial score (nSPS) is 55.5. The summed E-state index contributed by atoms with van der Waals surface area (Å²) in [5, 5.41) is 184. The van der Waals surface area contributed by atoms with Crippen molar-refractivity contribution < 1.29 is 148 Å². The second-order valence-electron chi connectivity index (χ2n) is 30.9. The predicted molar refractivity (Wildman–Crippen MR) is 319 cm³/mol. The van der Waals surface area contributed by atoms with Gasteiger partial charge in [0.05, 0.1) is 50.2 Å². The SMILES string of the molecule is C=C(C)[C@@H]1CC[C@]2(C(=O)O[C@@H]3O[C@H](CO[C@@H]4O[C@H](CO)[C@@H](O[C@@H]5O[C@@H](C)[C@H](O)[C@@H](O)[C@H]5O)[C@H](O)[C@H]4O)[C@@H](O)[C@H](O)[C@H]3O)CC[C@]3(C)[C@H](CC[C@@H]4[C@@]5(C)CC[C@H](O[C@@H]6OC[C@H](O[C@@H]7O[C@H](CO)[C@@H](O)[C@H](O)[C@H]7O)[C@H](O)[C@H]6O[C@@H]6O[C@@H](C)[C@H](O)[C@@H](O)[C@H]6O)C(C)(C)[C@@H]5CC[C@]43C)[C@@H]12. The smallest absolute Gasteiger partial charge is 0.314 e. The molecule has 95 heavy (non-hydrogen) atoms. The lowest BCUT2D eigenvalue weighted by atomic mass is 9.32. The molecule has 5 saturated carbocycles. The van der Waals surface area contributed by atoms with Crippen molar-refractivity contribution >= 4 is 5.97 Å². The van der Waals surface area contributed by atoms with Gasteiger partial charge < -0.3 is 144 Å². The Hall–Kier alpha value is -1.91. The van der Waals surface area contributed by atoms with Gasteiger partial charge in [0, 0.05) is 0 Å². The van der Waals surface area contributed by atoms with E-state index in [9.17, 15) is 86.8 Å². The number of allylic oxidation sites excluding steroid dienone is 1.